The van der Waals surface area contributed by atoms with Gasteiger partial charge in [0, 0.05) is 12.1 Å². The normalized spacial score (nSPS) is 16.5. The summed E-state index contributed by atoms with van der Waals surface area (Å²) < 4.78 is 32.2. The molecule has 1 aliphatic rings. The Balaban J connectivity index is 1.74. The number of nitrogens with zero attached hydrogens (tertiary/aromatic N) is 1. The Kier molecular flexibility index (Phi) is 5.13. The van der Waals surface area contributed by atoms with Crippen molar-refractivity contribution in [3.63, 3.8) is 0 Å². The van der Waals surface area contributed by atoms with Gasteiger partial charge in [-0.25, -0.2) is 13.6 Å². The standard InChI is InChI=1S/C21H17F2NO2/c1-13-2-4-14(5-3-13)15-6-8-16(9-7-15)21(25)26-17-10-19(22)18(12-24)20(23)11-17/h4,6-11,13H,2-3,5H2,1H3. The number of nitriles is 1. The van der Waals surface area contributed by atoms with Gasteiger partial charge in [-0.05, 0) is 48.4 Å². The van der Waals surface area contributed by atoms with E-state index in [0.717, 1.165) is 37.0 Å². The fraction of sp³-hybridized carbons (Fsp3) is 0.238. The molecule has 132 valence electrons. The molecule has 2 aromatic rings. The third-order valence-corrected chi connectivity index (χ3v) is 4.50. The molecule has 0 heterocycles. The summed E-state index contributed by atoms with van der Waals surface area (Å²) in [6.07, 6.45) is 5.43. The zero-order valence-corrected chi connectivity index (χ0v) is 14.3. The van der Waals surface area contributed by atoms with Crippen molar-refractivity contribution in [2.75, 3.05) is 0 Å². The SMILES string of the molecule is CC1CC=C(c2ccc(C(=O)Oc3cc(F)c(C#N)c(F)c3)cc2)CC1. The van der Waals surface area contributed by atoms with E-state index < -0.39 is 23.2 Å². The van der Waals surface area contributed by atoms with Crippen molar-refractivity contribution in [2.24, 2.45) is 5.92 Å². The number of carbonyl (C=O) groups is 1. The van der Waals surface area contributed by atoms with Crippen LogP contribution in [0.25, 0.3) is 5.57 Å². The topological polar surface area (TPSA) is 50.1 Å². The predicted octanol–water partition coefficient (Wildman–Crippen LogP) is 5.26. The highest BCUT2D eigenvalue weighted by molar-refractivity contribution is 5.91. The van der Waals surface area contributed by atoms with E-state index in [4.69, 9.17) is 10.00 Å². The van der Waals surface area contributed by atoms with E-state index in [1.807, 2.05) is 12.1 Å². The lowest BCUT2D eigenvalue weighted by molar-refractivity contribution is 0.0734. The number of hydrogen-bond donors (Lipinski definition) is 0. The molecule has 0 saturated heterocycles. The summed E-state index contributed by atoms with van der Waals surface area (Å²) >= 11 is 0. The molecule has 0 fully saturated rings. The van der Waals surface area contributed by atoms with E-state index >= 15 is 0 Å². The average molecular weight is 353 g/mol. The molecule has 3 nitrogen and oxygen atoms in total. The van der Waals surface area contributed by atoms with Gasteiger partial charge >= 0.3 is 5.97 Å². The smallest absolute Gasteiger partial charge is 0.343 e. The van der Waals surface area contributed by atoms with Crippen LogP contribution in [0.15, 0.2) is 42.5 Å². The lowest BCUT2D eigenvalue weighted by Gasteiger charge is -2.18. The second kappa shape index (κ2) is 7.49. The first-order valence-electron chi connectivity index (χ1n) is 8.38. The molecule has 1 aliphatic carbocycles. The number of ether oxygens (including phenoxy) is 1. The minimum absolute atomic E-state index is 0.281. The van der Waals surface area contributed by atoms with E-state index in [-0.39, 0.29) is 11.3 Å². The van der Waals surface area contributed by atoms with Crippen molar-refractivity contribution in [3.8, 4) is 11.8 Å². The summed E-state index contributed by atoms with van der Waals surface area (Å²) in [4.78, 5) is 12.2. The maximum absolute atomic E-state index is 13.6. The molecule has 0 N–H and O–H groups in total. The van der Waals surface area contributed by atoms with Gasteiger partial charge in [-0.1, -0.05) is 25.1 Å². The molecule has 3 rings (SSSR count). The second-order valence-electron chi connectivity index (χ2n) is 6.45. The number of allylic oxidation sites excluding steroid dienone is 2. The molecule has 26 heavy (non-hydrogen) atoms. The molecule has 0 spiro atoms. The van der Waals surface area contributed by atoms with Gasteiger partial charge in [-0.2, -0.15) is 5.26 Å². The van der Waals surface area contributed by atoms with Gasteiger partial charge in [0.15, 0.2) is 0 Å². The fourth-order valence-corrected chi connectivity index (χ4v) is 2.93. The number of hydrogen-bond acceptors (Lipinski definition) is 3. The lowest BCUT2D eigenvalue weighted by atomic mass is 9.87. The monoisotopic (exact) mass is 353 g/mol. The van der Waals surface area contributed by atoms with Crippen LogP contribution in [0.4, 0.5) is 8.78 Å². The van der Waals surface area contributed by atoms with Crippen LogP contribution in [0.3, 0.4) is 0 Å². The molecular formula is C21H17F2NO2. The molecule has 0 saturated carbocycles. The first-order valence-corrected chi connectivity index (χ1v) is 8.38. The molecule has 0 aromatic heterocycles. The lowest BCUT2D eigenvalue weighted by Crippen LogP contribution is -2.09. The summed E-state index contributed by atoms with van der Waals surface area (Å²) in [5.41, 5.74) is 1.90. The zero-order valence-electron chi connectivity index (χ0n) is 14.3. The number of benzene rings is 2. The van der Waals surface area contributed by atoms with Gasteiger partial charge in [0.1, 0.15) is 29.0 Å². The molecule has 0 radical (unpaired) electrons. The van der Waals surface area contributed by atoms with Crippen LogP contribution in [-0.4, -0.2) is 5.97 Å². The summed E-state index contributed by atoms with van der Waals surface area (Å²) in [5.74, 6) is -2.43. The predicted molar refractivity (Wildman–Crippen MR) is 93.5 cm³/mol. The largest absolute Gasteiger partial charge is 0.423 e. The highest BCUT2D eigenvalue weighted by atomic mass is 19.1. The molecular weight excluding hydrogens is 336 g/mol. The summed E-state index contributed by atoms with van der Waals surface area (Å²) in [7, 11) is 0. The number of esters is 1. The van der Waals surface area contributed by atoms with E-state index in [1.54, 1.807) is 12.1 Å². The molecule has 1 unspecified atom stereocenters. The summed E-state index contributed by atoms with van der Waals surface area (Å²) in [5, 5.41) is 8.66. The van der Waals surface area contributed by atoms with Crippen molar-refractivity contribution in [2.45, 2.75) is 26.2 Å². The van der Waals surface area contributed by atoms with Crippen LogP contribution >= 0.6 is 0 Å². The third kappa shape index (κ3) is 3.80. The van der Waals surface area contributed by atoms with E-state index in [2.05, 4.69) is 13.0 Å². The minimum atomic E-state index is -1.07. The summed E-state index contributed by atoms with van der Waals surface area (Å²) in [6.45, 7) is 2.22. The van der Waals surface area contributed by atoms with Crippen molar-refractivity contribution in [1.29, 1.82) is 5.26 Å². The van der Waals surface area contributed by atoms with Crippen molar-refractivity contribution in [1.82, 2.24) is 0 Å². The van der Waals surface area contributed by atoms with Crippen molar-refractivity contribution in [3.05, 3.63) is 70.8 Å². The van der Waals surface area contributed by atoms with Crippen LogP contribution in [0, 0.1) is 28.9 Å². The van der Waals surface area contributed by atoms with E-state index in [9.17, 15) is 13.6 Å². The minimum Gasteiger partial charge on any atom is -0.423 e. The van der Waals surface area contributed by atoms with E-state index in [0.29, 0.717) is 5.92 Å². The van der Waals surface area contributed by atoms with Crippen LogP contribution in [0.1, 0.15) is 47.7 Å². The van der Waals surface area contributed by atoms with Crippen LogP contribution in [-0.2, 0) is 0 Å². The highest BCUT2D eigenvalue weighted by Crippen LogP contribution is 2.30. The highest BCUT2D eigenvalue weighted by Gasteiger charge is 2.16. The van der Waals surface area contributed by atoms with Crippen LogP contribution < -0.4 is 4.74 Å². The number of carbonyl (C=O) groups excluding carboxylic acids is 1. The summed E-state index contributed by atoms with van der Waals surface area (Å²) in [6, 6.07) is 10.0. The Bertz CT molecular complexity index is 888. The Morgan fingerprint density at radius 2 is 1.85 bits per heavy atom. The molecule has 0 bridgehead atoms. The number of halogens is 2. The Hall–Kier alpha value is -3.00. The average Bonchev–Trinajstić information content (AvgIpc) is 2.62. The van der Waals surface area contributed by atoms with Crippen molar-refractivity contribution >= 4 is 11.5 Å². The fourth-order valence-electron chi connectivity index (χ4n) is 2.93. The van der Waals surface area contributed by atoms with Crippen LogP contribution in [0.2, 0.25) is 0 Å². The first kappa shape index (κ1) is 17.8. The Morgan fingerprint density at radius 3 is 2.38 bits per heavy atom. The zero-order chi connectivity index (χ0) is 18.7. The number of rotatable bonds is 3. The first-order chi connectivity index (χ1) is 12.5. The Labute approximate surface area is 150 Å². The van der Waals surface area contributed by atoms with Gasteiger partial charge in [0.2, 0.25) is 0 Å². The van der Waals surface area contributed by atoms with Gasteiger partial charge in [0.25, 0.3) is 0 Å². The van der Waals surface area contributed by atoms with Crippen molar-refractivity contribution < 1.29 is 18.3 Å². The Morgan fingerprint density at radius 1 is 1.19 bits per heavy atom. The van der Waals surface area contributed by atoms with Crippen LogP contribution in [0.5, 0.6) is 5.75 Å². The van der Waals surface area contributed by atoms with Gasteiger partial charge in [-0.15, -0.1) is 0 Å². The van der Waals surface area contributed by atoms with Gasteiger partial charge in [-0.3, -0.25) is 0 Å². The molecule has 0 aliphatic heterocycles. The van der Waals surface area contributed by atoms with Gasteiger partial charge < -0.3 is 4.74 Å². The van der Waals surface area contributed by atoms with E-state index in [1.165, 1.54) is 11.6 Å². The second-order valence-corrected chi connectivity index (χ2v) is 6.45. The maximum atomic E-state index is 13.6. The molecule has 5 heteroatoms. The molecule has 2 aromatic carbocycles. The maximum Gasteiger partial charge on any atom is 0.343 e. The van der Waals surface area contributed by atoms with Gasteiger partial charge in [0.05, 0.1) is 5.56 Å². The quantitative estimate of drug-likeness (QED) is 0.559. The molecule has 1 atom stereocenters. The third-order valence-electron chi connectivity index (χ3n) is 4.50. The molecule has 0 amide bonds.